The first-order valence-corrected chi connectivity index (χ1v) is 6.00. The Bertz CT molecular complexity index is 157. The molecule has 3 heteroatoms. The van der Waals surface area contributed by atoms with E-state index in [0.29, 0.717) is 13.0 Å². The predicted octanol–water partition coefficient (Wildman–Crippen LogP) is 3.23. The number of aliphatic carboxylic acids is 1. The van der Waals surface area contributed by atoms with E-state index in [-0.39, 0.29) is 12.5 Å². The largest absolute Gasteiger partial charge is 0.481 e. The van der Waals surface area contributed by atoms with Crippen LogP contribution in [0.15, 0.2) is 0 Å². The lowest BCUT2D eigenvalue weighted by Gasteiger charge is -2.12. The van der Waals surface area contributed by atoms with Crippen molar-refractivity contribution in [2.24, 2.45) is 0 Å². The Hall–Kier alpha value is -0.570. The highest BCUT2D eigenvalue weighted by atomic mass is 16.5. The van der Waals surface area contributed by atoms with Gasteiger partial charge in [0, 0.05) is 13.0 Å². The third-order valence-electron chi connectivity index (χ3n) is 2.40. The maximum absolute atomic E-state index is 10.2. The Morgan fingerprint density at radius 2 is 2.00 bits per heavy atom. The minimum atomic E-state index is -0.741. The van der Waals surface area contributed by atoms with Crippen molar-refractivity contribution in [2.75, 3.05) is 6.61 Å². The molecule has 0 aromatic heterocycles. The van der Waals surface area contributed by atoms with Crippen LogP contribution in [0.3, 0.4) is 0 Å². The van der Waals surface area contributed by atoms with Crippen molar-refractivity contribution in [1.82, 2.24) is 0 Å². The van der Waals surface area contributed by atoms with Crippen molar-refractivity contribution in [3.63, 3.8) is 0 Å². The van der Waals surface area contributed by atoms with Gasteiger partial charge in [-0.05, 0) is 19.8 Å². The van der Waals surface area contributed by atoms with Crippen LogP contribution < -0.4 is 0 Å². The Morgan fingerprint density at radius 3 is 2.60 bits per heavy atom. The molecule has 1 N–H and O–H groups in total. The molecule has 0 amide bonds. The smallest absolute Gasteiger partial charge is 0.303 e. The van der Waals surface area contributed by atoms with E-state index in [0.717, 1.165) is 6.42 Å². The summed E-state index contributed by atoms with van der Waals surface area (Å²) >= 11 is 0. The Balaban J connectivity index is 3.18. The van der Waals surface area contributed by atoms with E-state index in [1.54, 1.807) is 0 Å². The summed E-state index contributed by atoms with van der Waals surface area (Å²) in [6.07, 6.45) is 7.24. The summed E-state index contributed by atoms with van der Waals surface area (Å²) in [5.74, 6) is -0.741. The quantitative estimate of drug-likeness (QED) is 0.570. The molecule has 90 valence electrons. The van der Waals surface area contributed by atoms with Gasteiger partial charge in [-0.3, -0.25) is 4.79 Å². The number of carboxylic acid groups (broad SMARTS) is 1. The van der Waals surface area contributed by atoms with Crippen LogP contribution in [0, 0.1) is 0 Å². The van der Waals surface area contributed by atoms with E-state index in [9.17, 15) is 4.79 Å². The topological polar surface area (TPSA) is 46.5 Å². The normalized spacial score (nSPS) is 12.7. The van der Waals surface area contributed by atoms with E-state index < -0.39 is 5.97 Å². The lowest BCUT2D eigenvalue weighted by atomic mass is 10.1. The summed E-state index contributed by atoms with van der Waals surface area (Å²) in [6.45, 7) is 4.83. The highest BCUT2D eigenvalue weighted by molar-refractivity contribution is 5.66. The van der Waals surface area contributed by atoms with Crippen LogP contribution in [0.2, 0.25) is 0 Å². The van der Waals surface area contributed by atoms with Gasteiger partial charge >= 0.3 is 5.97 Å². The molecule has 0 aliphatic rings. The molecule has 0 rings (SSSR count). The Labute approximate surface area is 92.8 Å². The van der Waals surface area contributed by atoms with Crippen LogP contribution >= 0.6 is 0 Å². The minimum Gasteiger partial charge on any atom is -0.481 e. The van der Waals surface area contributed by atoms with Crippen molar-refractivity contribution < 1.29 is 14.6 Å². The van der Waals surface area contributed by atoms with Crippen LogP contribution in [-0.2, 0) is 9.53 Å². The minimum absolute atomic E-state index is 0.211. The van der Waals surface area contributed by atoms with Crippen molar-refractivity contribution in [2.45, 2.75) is 64.9 Å². The third-order valence-corrected chi connectivity index (χ3v) is 2.40. The molecule has 0 aliphatic heterocycles. The van der Waals surface area contributed by atoms with Gasteiger partial charge in [0.15, 0.2) is 0 Å². The summed E-state index contributed by atoms with van der Waals surface area (Å²) < 4.78 is 5.51. The summed E-state index contributed by atoms with van der Waals surface area (Å²) in [7, 11) is 0. The molecule has 0 saturated heterocycles. The molecule has 3 nitrogen and oxygen atoms in total. The number of unbranched alkanes of at least 4 members (excludes halogenated alkanes) is 3. The summed E-state index contributed by atoms with van der Waals surface area (Å²) in [4.78, 5) is 10.2. The van der Waals surface area contributed by atoms with Gasteiger partial charge < -0.3 is 9.84 Å². The highest BCUT2D eigenvalue weighted by Crippen LogP contribution is 2.08. The predicted molar refractivity (Wildman–Crippen MR) is 61.0 cm³/mol. The molecule has 0 aromatic carbocycles. The van der Waals surface area contributed by atoms with Gasteiger partial charge in [0.2, 0.25) is 0 Å². The maximum atomic E-state index is 10.2. The number of carbonyl (C=O) groups is 1. The molecule has 0 fully saturated rings. The summed E-state index contributed by atoms with van der Waals surface area (Å²) in [5.41, 5.74) is 0. The monoisotopic (exact) mass is 216 g/mol. The van der Waals surface area contributed by atoms with Crippen molar-refractivity contribution in [3.8, 4) is 0 Å². The number of hydrogen-bond acceptors (Lipinski definition) is 2. The second-order valence-electron chi connectivity index (χ2n) is 4.03. The van der Waals surface area contributed by atoms with Gasteiger partial charge in [0.25, 0.3) is 0 Å². The van der Waals surface area contributed by atoms with Gasteiger partial charge in [-0.15, -0.1) is 0 Å². The molecule has 0 heterocycles. The zero-order chi connectivity index (χ0) is 11.5. The van der Waals surface area contributed by atoms with Gasteiger partial charge in [0.1, 0.15) is 0 Å². The average molecular weight is 216 g/mol. The van der Waals surface area contributed by atoms with Crippen LogP contribution in [-0.4, -0.2) is 23.8 Å². The molecule has 1 unspecified atom stereocenters. The van der Waals surface area contributed by atoms with Gasteiger partial charge in [0.05, 0.1) is 6.10 Å². The number of carboxylic acids is 1. The van der Waals surface area contributed by atoms with Gasteiger partial charge in [-0.2, -0.15) is 0 Å². The van der Waals surface area contributed by atoms with E-state index in [1.165, 1.54) is 25.7 Å². The molecular formula is C12H24O3. The van der Waals surface area contributed by atoms with E-state index >= 15 is 0 Å². The van der Waals surface area contributed by atoms with E-state index in [2.05, 4.69) is 13.8 Å². The fourth-order valence-electron chi connectivity index (χ4n) is 1.45. The first-order valence-electron chi connectivity index (χ1n) is 6.00. The zero-order valence-electron chi connectivity index (χ0n) is 10.00. The maximum Gasteiger partial charge on any atom is 0.303 e. The fourth-order valence-corrected chi connectivity index (χ4v) is 1.45. The number of hydrogen-bond donors (Lipinski definition) is 1. The zero-order valence-corrected chi connectivity index (χ0v) is 10.00. The first kappa shape index (κ1) is 14.4. The van der Waals surface area contributed by atoms with Crippen LogP contribution in [0.5, 0.6) is 0 Å². The van der Waals surface area contributed by atoms with Crippen LogP contribution in [0.1, 0.15) is 58.8 Å². The number of rotatable bonds is 10. The fraction of sp³-hybridized carbons (Fsp3) is 0.917. The second-order valence-corrected chi connectivity index (χ2v) is 4.03. The highest BCUT2D eigenvalue weighted by Gasteiger charge is 2.02. The van der Waals surface area contributed by atoms with Crippen LogP contribution in [0.4, 0.5) is 0 Å². The standard InChI is InChI=1S/C12H24O3/c1-3-4-5-6-8-11(2)15-10-7-9-12(13)14/h11H,3-10H2,1-2H3,(H,13,14). The average Bonchev–Trinajstić information content (AvgIpc) is 2.19. The Morgan fingerprint density at radius 1 is 1.27 bits per heavy atom. The van der Waals surface area contributed by atoms with Crippen molar-refractivity contribution >= 4 is 5.97 Å². The van der Waals surface area contributed by atoms with Crippen LogP contribution in [0.25, 0.3) is 0 Å². The third kappa shape index (κ3) is 11.4. The molecule has 0 aromatic rings. The Kier molecular flexibility index (Phi) is 9.59. The SMILES string of the molecule is CCCCCCC(C)OCCCC(=O)O. The lowest BCUT2D eigenvalue weighted by molar-refractivity contribution is -0.137. The number of ether oxygens (including phenoxy) is 1. The molecular weight excluding hydrogens is 192 g/mol. The molecule has 0 radical (unpaired) electrons. The summed E-state index contributed by atoms with van der Waals surface area (Å²) in [5, 5.41) is 8.42. The molecule has 0 aliphatic carbocycles. The lowest BCUT2D eigenvalue weighted by Crippen LogP contribution is -2.10. The molecule has 0 spiro atoms. The van der Waals surface area contributed by atoms with E-state index in [4.69, 9.17) is 9.84 Å². The van der Waals surface area contributed by atoms with Crippen molar-refractivity contribution in [1.29, 1.82) is 0 Å². The van der Waals surface area contributed by atoms with Gasteiger partial charge in [-0.1, -0.05) is 32.6 Å². The second kappa shape index (κ2) is 9.97. The van der Waals surface area contributed by atoms with E-state index in [1.807, 2.05) is 0 Å². The van der Waals surface area contributed by atoms with Gasteiger partial charge in [-0.25, -0.2) is 0 Å². The summed E-state index contributed by atoms with van der Waals surface area (Å²) in [6, 6.07) is 0. The molecule has 15 heavy (non-hydrogen) atoms. The first-order chi connectivity index (χ1) is 7.16. The molecule has 1 atom stereocenters. The van der Waals surface area contributed by atoms with Crippen molar-refractivity contribution in [3.05, 3.63) is 0 Å². The molecule has 0 saturated carbocycles. The molecule has 0 bridgehead atoms.